The van der Waals surface area contributed by atoms with Gasteiger partial charge in [0.05, 0.1) is 6.61 Å². The molecular weight excluding hydrogens is 188 g/mol. The predicted molar refractivity (Wildman–Crippen MR) is 62.3 cm³/mol. The topological polar surface area (TPSA) is 33.3 Å². The largest absolute Gasteiger partial charge is 0.383 e. The normalized spacial score (nSPS) is 18.6. The molecule has 3 heteroatoms. The van der Waals surface area contributed by atoms with Crippen molar-refractivity contribution in [2.45, 2.75) is 12.5 Å². The van der Waals surface area contributed by atoms with Crippen LogP contribution in [0.1, 0.15) is 5.56 Å². The minimum atomic E-state index is 0.527. The van der Waals surface area contributed by atoms with Gasteiger partial charge in [-0.3, -0.25) is 0 Å². The molecule has 1 aliphatic rings. The number of fused-ring (bicyclic) bond motifs is 1. The molecule has 1 aromatic rings. The molecule has 0 amide bonds. The van der Waals surface area contributed by atoms with Crippen LogP contribution in [-0.2, 0) is 11.2 Å². The van der Waals surface area contributed by atoms with Crippen molar-refractivity contribution in [2.24, 2.45) is 0 Å². The third-order valence-corrected chi connectivity index (χ3v) is 2.72. The molecule has 2 N–H and O–H groups in total. The molecule has 0 aromatic heterocycles. The summed E-state index contributed by atoms with van der Waals surface area (Å²) in [5, 5.41) is 6.88. The van der Waals surface area contributed by atoms with Crippen LogP contribution in [0, 0.1) is 0 Å². The fraction of sp³-hybridized carbons (Fsp3) is 0.500. The second-order valence-electron chi connectivity index (χ2n) is 3.90. The number of rotatable bonds is 5. The Labute approximate surface area is 90.8 Å². The monoisotopic (exact) mass is 206 g/mol. The molecule has 0 fully saturated rings. The lowest BCUT2D eigenvalue weighted by Gasteiger charge is -2.11. The molecule has 15 heavy (non-hydrogen) atoms. The van der Waals surface area contributed by atoms with Crippen molar-refractivity contribution < 1.29 is 4.74 Å². The van der Waals surface area contributed by atoms with Crippen LogP contribution >= 0.6 is 0 Å². The van der Waals surface area contributed by atoms with Crippen LogP contribution in [0.4, 0.5) is 5.69 Å². The molecule has 0 bridgehead atoms. The number of hydrogen-bond donors (Lipinski definition) is 2. The van der Waals surface area contributed by atoms with Gasteiger partial charge in [0.15, 0.2) is 0 Å². The van der Waals surface area contributed by atoms with Gasteiger partial charge in [0.2, 0.25) is 0 Å². The summed E-state index contributed by atoms with van der Waals surface area (Å²) in [6.07, 6.45) is 1.12. The highest BCUT2D eigenvalue weighted by Crippen LogP contribution is 2.24. The first-order chi connectivity index (χ1) is 7.40. The van der Waals surface area contributed by atoms with E-state index in [0.717, 1.165) is 26.1 Å². The fourth-order valence-corrected chi connectivity index (χ4v) is 1.95. The van der Waals surface area contributed by atoms with Crippen molar-refractivity contribution in [1.82, 2.24) is 5.32 Å². The van der Waals surface area contributed by atoms with Gasteiger partial charge in [0, 0.05) is 31.9 Å². The lowest BCUT2D eigenvalue weighted by molar-refractivity contribution is 0.199. The maximum absolute atomic E-state index is 4.99. The Balaban J connectivity index is 1.76. The van der Waals surface area contributed by atoms with Crippen LogP contribution in [0.3, 0.4) is 0 Å². The number of methoxy groups -OCH3 is 1. The zero-order chi connectivity index (χ0) is 10.5. The molecule has 1 aliphatic heterocycles. The highest BCUT2D eigenvalue weighted by atomic mass is 16.5. The Hall–Kier alpha value is -1.06. The van der Waals surface area contributed by atoms with E-state index in [1.54, 1.807) is 7.11 Å². The summed E-state index contributed by atoms with van der Waals surface area (Å²) in [7, 11) is 1.73. The standard InChI is InChI=1S/C12H18N2O/c1-15-7-6-13-9-11-8-10-4-2-3-5-12(10)14-11/h2-5,11,13-14H,6-9H2,1H3. The first-order valence-electron chi connectivity index (χ1n) is 5.44. The third kappa shape index (κ3) is 2.70. The second-order valence-corrected chi connectivity index (χ2v) is 3.90. The predicted octanol–water partition coefficient (Wildman–Crippen LogP) is 1.26. The van der Waals surface area contributed by atoms with Gasteiger partial charge in [-0.1, -0.05) is 18.2 Å². The average molecular weight is 206 g/mol. The molecule has 0 saturated carbocycles. The molecular formula is C12H18N2O. The van der Waals surface area contributed by atoms with E-state index in [2.05, 4.69) is 34.9 Å². The van der Waals surface area contributed by atoms with E-state index < -0.39 is 0 Å². The minimum absolute atomic E-state index is 0.527. The maximum atomic E-state index is 4.99. The number of nitrogens with one attached hydrogen (secondary N) is 2. The number of ether oxygens (including phenoxy) is 1. The highest BCUT2D eigenvalue weighted by molar-refractivity contribution is 5.56. The Bertz CT molecular complexity index is 289. The van der Waals surface area contributed by atoms with Crippen LogP contribution < -0.4 is 10.6 Å². The summed E-state index contributed by atoms with van der Waals surface area (Å²) >= 11 is 0. The van der Waals surface area contributed by atoms with Crippen molar-refractivity contribution in [3.63, 3.8) is 0 Å². The summed E-state index contributed by atoms with van der Waals surface area (Å²) < 4.78 is 4.99. The van der Waals surface area contributed by atoms with Gasteiger partial charge >= 0.3 is 0 Å². The van der Waals surface area contributed by atoms with Gasteiger partial charge in [0.1, 0.15) is 0 Å². The Morgan fingerprint density at radius 1 is 1.47 bits per heavy atom. The molecule has 82 valence electrons. The van der Waals surface area contributed by atoms with E-state index in [9.17, 15) is 0 Å². The van der Waals surface area contributed by atoms with E-state index >= 15 is 0 Å². The van der Waals surface area contributed by atoms with Gasteiger partial charge in [-0.2, -0.15) is 0 Å². The third-order valence-electron chi connectivity index (χ3n) is 2.72. The molecule has 0 spiro atoms. The summed E-state index contributed by atoms with van der Waals surface area (Å²) in [4.78, 5) is 0. The zero-order valence-corrected chi connectivity index (χ0v) is 9.12. The first-order valence-corrected chi connectivity index (χ1v) is 5.44. The first kappa shape index (κ1) is 10.5. The van der Waals surface area contributed by atoms with E-state index in [4.69, 9.17) is 4.74 Å². The van der Waals surface area contributed by atoms with Crippen molar-refractivity contribution >= 4 is 5.69 Å². The molecule has 2 rings (SSSR count). The van der Waals surface area contributed by atoms with Gasteiger partial charge in [0.25, 0.3) is 0 Å². The van der Waals surface area contributed by atoms with E-state index in [1.165, 1.54) is 11.3 Å². The Kier molecular flexibility index (Phi) is 3.59. The maximum Gasteiger partial charge on any atom is 0.0587 e. The summed E-state index contributed by atoms with van der Waals surface area (Å²) in [6, 6.07) is 9.04. The molecule has 1 heterocycles. The summed E-state index contributed by atoms with van der Waals surface area (Å²) in [6.45, 7) is 2.70. The smallest absolute Gasteiger partial charge is 0.0587 e. The fourth-order valence-electron chi connectivity index (χ4n) is 1.95. The summed E-state index contributed by atoms with van der Waals surface area (Å²) in [5.41, 5.74) is 2.71. The van der Waals surface area contributed by atoms with Crippen LogP contribution in [0.15, 0.2) is 24.3 Å². The average Bonchev–Trinajstić information content (AvgIpc) is 2.67. The minimum Gasteiger partial charge on any atom is -0.383 e. The quantitative estimate of drug-likeness (QED) is 0.712. The van der Waals surface area contributed by atoms with Crippen molar-refractivity contribution in [1.29, 1.82) is 0 Å². The second kappa shape index (κ2) is 5.14. The number of para-hydroxylation sites is 1. The Morgan fingerprint density at radius 3 is 3.13 bits per heavy atom. The van der Waals surface area contributed by atoms with Gasteiger partial charge in [-0.15, -0.1) is 0 Å². The Morgan fingerprint density at radius 2 is 2.33 bits per heavy atom. The molecule has 1 aromatic carbocycles. The number of benzene rings is 1. The molecule has 1 unspecified atom stereocenters. The summed E-state index contributed by atoms with van der Waals surface area (Å²) in [5.74, 6) is 0. The van der Waals surface area contributed by atoms with Crippen molar-refractivity contribution in [3.05, 3.63) is 29.8 Å². The van der Waals surface area contributed by atoms with E-state index in [1.807, 2.05) is 0 Å². The van der Waals surface area contributed by atoms with E-state index in [0.29, 0.717) is 6.04 Å². The van der Waals surface area contributed by atoms with Crippen molar-refractivity contribution in [3.8, 4) is 0 Å². The van der Waals surface area contributed by atoms with E-state index in [-0.39, 0.29) is 0 Å². The highest BCUT2D eigenvalue weighted by Gasteiger charge is 2.18. The van der Waals surface area contributed by atoms with Gasteiger partial charge in [-0.05, 0) is 18.1 Å². The lowest BCUT2D eigenvalue weighted by Crippen LogP contribution is -2.33. The molecule has 1 atom stereocenters. The number of anilines is 1. The van der Waals surface area contributed by atoms with Crippen LogP contribution in [0.2, 0.25) is 0 Å². The molecule has 0 radical (unpaired) electrons. The molecule has 3 nitrogen and oxygen atoms in total. The number of hydrogen-bond acceptors (Lipinski definition) is 3. The van der Waals surface area contributed by atoms with Gasteiger partial charge in [-0.25, -0.2) is 0 Å². The molecule has 0 aliphatic carbocycles. The van der Waals surface area contributed by atoms with Crippen LogP contribution in [-0.4, -0.2) is 32.8 Å². The van der Waals surface area contributed by atoms with Crippen LogP contribution in [0.5, 0.6) is 0 Å². The lowest BCUT2D eigenvalue weighted by atomic mass is 10.1. The van der Waals surface area contributed by atoms with Gasteiger partial charge < -0.3 is 15.4 Å². The SMILES string of the molecule is COCCNCC1Cc2ccccc2N1. The molecule has 0 saturated heterocycles. The van der Waals surface area contributed by atoms with Crippen molar-refractivity contribution in [2.75, 3.05) is 32.1 Å². The van der Waals surface area contributed by atoms with Crippen LogP contribution in [0.25, 0.3) is 0 Å². The zero-order valence-electron chi connectivity index (χ0n) is 9.12.